The van der Waals surface area contributed by atoms with Gasteiger partial charge in [-0.05, 0) is 25.1 Å². The first-order valence-corrected chi connectivity index (χ1v) is 5.95. The second-order valence-electron chi connectivity index (χ2n) is 4.42. The number of amides is 1. The van der Waals surface area contributed by atoms with E-state index in [0.717, 1.165) is 0 Å². The van der Waals surface area contributed by atoms with Crippen LogP contribution in [0.2, 0.25) is 0 Å². The van der Waals surface area contributed by atoms with Crippen LogP contribution in [-0.4, -0.2) is 33.3 Å². The van der Waals surface area contributed by atoms with Gasteiger partial charge in [-0.3, -0.25) is 9.89 Å². The minimum Gasteiger partial charge on any atom is -0.479 e. The fraction of sp³-hybridized carbons (Fsp3) is 0.154. The van der Waals surface area contributed by atoms with Crippen LogP contribution < -0.4 is 10.1 Å². The largest absolute Gasteiger partial charge is 0.479 e. The van der Waals surface area contributed by atoms with Gasteiger partial charge in [-0.25, -0.2) is 4.79 Å². The van der Waals surface area contributed by atoms with Crippen LogP contribution >= 0.6 is 0 Å². The van der Waals surface area contributed by atoms with Gasteiger partial charge < -0.3 is 15.2 Å². The number of anilines is 1. The molecule has 102 valence electrons. The van der Waals surface area contributed by atoms with E-state index in [1.165, 1.54) is 6.20 Å². The van der Waals surface area contributed by atoms with Crippen LogP contribution in [0.5, 0.6) is 5.75 Å². The molecule has 1 unspecified atom stereocenters. The molecule has 2 aromatic rings. The molecular formula is C13H11N3O4. The Balaban J connectivity index is 2.05. The molecule has 3 N–H and O–H groups in total. The number of carbonyl (C=O) groups is 2. The van der Waals surface area contributed by atoms with E-state index in [-0.39, 0.29) is 11.5 Å². The number of carboxylic acid groups (broad SMARTS) is 1. The van der Waals surface area contributed by atoms with Gasteiger partial charge in [0.25, 0.3) is 5.91 Å². The summed E-state index contributed by atoms with van der Waals surface area (Å²) in [4.78, 5) is 22.7. The third-order valence-electron chi connectivity index (χ3n) is 3.07. The highest BCUT2D eigenvalue weighted by atomic mass is 16.5. The molecule has 0 radical (unpaired) electrons. The van der Waals surface area contributed by atoms with Crippen LogP contribution in [0.25, 0.3) is 11.3 Å². The van der Waals surface area contributed by atoms with Crippen molar-refractivity contribution in [2.24, 2.45) is 0 Å². The molecule has 1 aliphatic heterocycles. The maximum Gasteiger partial charge on any atom is 0.339 e. The summed E-state index contributed by atoms with van der Waals surface area (Å²) in [5, 5.41) is 18.2. The number of carboxylic acids is 1. The number of benzene rings is 1. The predicted octanol–water partition coefficient (Wildman–Crippen LogP) is 1.49. The summed E-state index contributed by atoms with van der Waals surface area (Å²) in [7, 11) is 0. The highest BCUT2D eigenvalue weighted by Gasteiger charge is 2.24. The molecule has 0 spiro atoms. The number of nitrogens with one attached hydrogen (secondary N) is 2. The lowest BCUT2D eigenvalue weighted by Crippen LogP contribution is -2.34. The van der Waals surface area contributed by atoms with Gasteiger partial charge in [0, 0.05) is 5.56 Å². The molecule has 7 nitrogen and oxygen atoms in total. The van der Waals surface area contributed by atoms with E-state index in [1.807, 2.05) is 0 Å². The SMILES string of the molecule is CC1Oc2ccc(-c3[nH]ncc3C(=O)O)cc2NC1=O. The maximum atomic E-state index is 11.6. The van der Waals surface area contributed by atoms with Crippen molar-refractivity contribution in [2.75, 3.05) is 5.32 Å². The summed E-state index contributed by atoms with van der Waals surface area (Å²) in [6, 6.07) is 5.05. The molecule has 2 heterocycles. The Hall–Kier alpha value is -2.83. The third kappa shape index (κ3) is 1.89. The lowest BCUT2D eigenvalue weighted by atomic mass is 10.1. The molecule has 1 atom stereocenters. The standard InChI is InChI=1S/C13H11N3O4/c1-6-12(17)15-9-4-7(2-3-10(9)20-6)11-8(13(18)19)5-14-16-11/h2-6H,1H3,(H,14,16)(H,15,17)(H,18,19). The number of H-pyrrole nitrogens is 1. The summed E-state index contributed by atoms with van der Waals surface area (Å²) in [6.07, 6.45) is 0.698. The van der Waals surface area contributed by atoms with E-state index in [4.69, 9.17) is 9.84 Å². The molecule has 3 rings (SSSR count). The van der Waals surface area contributed by atoms with Crippen molar-refractivity contribution in [2.45, 2.75) is 13.0 Å². The zero-order valence-corrected chi connectivity index (χ0v) is 10.5. The van der Waals surface area contributed by atoms with Crippen LogP contribution in [0.3, 0.4) is 0 Å². The first kappa shape index (κ1) is 12.2. The molecule has 0 fully saturated rings. The number of nitrogens with zero attached hydrogens (tertiary/aromatic N) is 1. The van der Waals surface area contributed by atoms with Crippen LogP contribution in [-0.2, 0) is 4.79 Å². The van der Waals surface area contributed by atoms with Crippen molar-refractivity contribution in [3.8, 4) is 17.0 Å². The normalized spacial score (nSPS) is 17.1. The van der Waals surface area contributed by atoms with E-state index >= 15 is 0 Å². The highest BCUT2D eigenvalue weighted by molar-refractivity contribution is 5.99. The van der Waals surface area contributed by atoms with Crippen molar-refractivity contribution in [3.05, 3.63) is 30.0 Å². The smallest absolute Gasteiger partial charge is 0.339 e. The Morgan fingerprint density at radius 1 is 1.45 bits per heavy atom. The van der Waals surface area contributed by atoms with Gasteiger partial charge in [0.2, 0.25) is 0 Å². The molecule has 0 saturated heterocycles. The van der Waals surface area contributed by atoms with Crippen molar-refractivity contribution < 1.29 is 19.4 Å². The maximum absolute atomic E-state index is 11.6. The quantitative estimate of drug-likeness (QED) is 0.769. The second-order valence-corrected chi connectivity index (χ2v) is 4.42. The summed E-state index contributed by atoms with van der Waals surface area (Å²) in [5.74, 6) is -0.754. The molecule has 1 aromatic carbocycles. The van der Waals surface area contributed by atoms with Crippen molar-refractivity contribution in [3.63, 3.8) is 0 Å². The van der Waals surface area contributed by atoms with Crippen LogP contribution in [0.1, 0.15) is 17.3 Å². The molecule has 7 heteroatoms. The Labute approximate surface area is 113 Å². The first-order valence-electron chi connectivity index (χ1n) is 5.95. The number of fused-ring (bicyclic) bond motifs is 1. The van der Waals surface area contributed by atoms with Crippen LogP contribution in [0.4, 0.5) is 5.69 Å². The van der Waals surface area contributed by atoms with Gasteiger partial charge in [0.15, 0.2) is 6.10 Å². The molecular weight excluding hydrogens is 262 g/mol. The van der Waals surface area contributed by atoms with Crippen molar-refractivity contribution in [1.82, 2.24) is 10.2 Å². The number of carbonyl (C=O) groups excluding carboxylic acids is 1. The Morgan fingerprint density at radius 3 is 3.00 bits per heavy atom. The minimum atomic E-state index is -1.07. The zero-order valence-electron chi connectivity index (χ0n) is 10.5. The van der Waals surface area contributed by atoms with Gasteiger partial charge in [-0.15, -0.1) is 0 Å². The fourth-order valence-corrected chi connectivity index (χ4v) is 2.03. The molecule has 1 aromatic heterocycles. The van der Waals surface area contributed by atoms with Gasteiger partial charge in [-0.1, -0.05) is 0 Å². The predicted molar refractivity (Wildman–Crippen MR) is 69.7 cm³/mol. The summed E-state index contributed by atoms with van der Waals surface area (Å²) in [5.41, 5.74) is 1.57. The Kier molecular flexibility index (Phi) is 2.67. The number of hydrogen-bond donors (Lipinski definition) is 3. The second kappa shape index (κ2) is 4.37. The lowest BCUT2D eigenvalue weighted by molar-refractivity contribution is -0.122. The number of ether oxygens (including phenoxy) is 1. The highest BCUT2D eigenvalue weighted by Crippen LogP contribution is 2.34. The van der Waals surface area contributed by atoms with Gasteiger partial charge in [0.1, 0.15) is 11.3 Å². The molecule has 0 bridgehead atoms. The van der Waals surface area contributed by atoms with Crippen LogP contribution in [0, 0.1) is 0 Å². The number of rotatable bonds is 2. The van der Waals surface area contributed by atoms with Crippen molar-refractivity contribution in [1.29, 1.82) is 0 Å². The fourth-order valence-electron chi connectivity index (χ4n) is 2.03. The van der Waals surface area contributed by atoms with Gasteiger partial charge >= 0.3 is 5.97 Å². The van der Waals surface area contributed by atoms with E-state index < -0.39 is 12.1 Å². The van der Waals surface area contributed by atoms with Gasteiger partial charge in [-0.2, -0.15) is 5.10 Å². The van der Waals surface area contributed by atoms with E-state index in [2.05, 4.69) is 15.5 Å². The average Bonchev–Trinajstić information content (AvgIpc) is 2.89. The average molecular weight is 273 g/mol. The Morgan fingerprint density at radius 2 is 2.25 bits per heavy atom. The van der Waals surface area contributed by atoms with Crippen molar-refractivity contribution >= 4 is 17.6 Å². The molecule has 1 amide bonds. The van der Waals surface area contributed by atoms with Crippen LogP contribution in [0.15, 0.2) is 24.4 Å². The topological polar surface area (TPSA) is 104 Å². The monoisotopic (exact) mass is 273 g/mol. The number of aromatic carboxylic acids is 1. The van der Waals surface area contributed by atoms with Gasteiger partial charge in [0.05, 0.1) is 17.6 Å². The third-order valence-corrected chi connectivity index (χ3v) is 3.07. The number of hydrogen-bond acceptors (Lipinski definition) is 4. The van der Waals surface area contributed by atoms with E-state index in [0.29, 0.717) is 22.7 Å². The Bertz CT molecular complexity index is 707. The molecule has 0 aliphatic carbocycles. The molecule has 20 heavy (non-hydrogen) atoms. The number of aromatic nitrogens is 2. The molecule has 0 saturated carbocycles. The van der Waals surface area contributed by atoms with E-state index in [9.17, 15) is 9.59 Å². The summed E-state index contributed by atoms with van der Waals surface area (Å²) >= 11 is 0. The number of aromatic amines is 1. The minimum absolute atomic E-state index is 0.0707. The lowest BCUT2D eigenvalue weighted by Gasteiger charge is -2.23. The molecule has 1 aliphatic rings. The van der Waals surface area contributed by atoms with E-state index in [1.54, 1.807) is 25.1 Å². The first-order chi connectivity index (χ1) is 9.56. The summed E-state index contributed by atoms with van der Waals surface area (Å²) in [6.45, 7) is 1.66. The summed E-state index contributed by atoms with van der Waals surface area (Å²) < 4.78 is 5.44. The zero-order chi connectivity index (χ0) is 14.3.